The number of aliphatic carboxylic acids is 1. The Morgan fingerprint density at radius 2 is 1.91 bits per heavy atom. The number of nitrogens with zero attached hydrogens (tertiary/aromatic N) is 1. The second kappa shape index (κ2) is 10.8. The molecule has 0 saturated carbocycles. The molecule has 5 heteroatoms. The summed E-state index contributed by atoms with van der Waals surface area (Å²) < 4.78 is 5.04. The van der Waals surface area contributed by atoms with Gasteiger partial charge in [-0.3, -0.25) is 14.5 Å². The molecule has 0 aliphatic heterocycles. The number of hydrogen-bond acceptors (Lipinski definition) is 4. The zero-order chi connectivity index (χ0) is 17.1. The van der Waals surface area contributed by atoms with Crippen molar-refractivity contribution >= 4 is 11.9 Å². The molecule has 1 N–H and O–H groups in total. The van der Waals surface area contributed by atoms with Gasteiger partial charge in [0.15, 0.2) is 0 Å². The number of carbonyl (C=O) groups excluding carboxylic acids is 1. The van der Waals surface area contributed by atoms with Crippen molar-refractivity contribution in [1.29, 1.82) is 0 Å². The number of benzene rings is 1. The van der Waals surface area contributed by atoms with E-state index in [9.17, 15) is 9.59 Å². The molecule has 0 aliphatic carbocycles. The zero-order valence-electron chi connectivity index (χ0n) is 14.0. The Morgan fingerprint density at radius 3 is 2.52 bits per heavy atom. The van der Waals surface area contributed by atoms with Crippen molar-refractivity contribution in [3.8, 4) is 0 Å². The van der Waals surface area contributed by atoms with Crippen LogP contribution in [0.25, 0.3) is 0 Å². The van der Waals surface area contributed by atoms with Crippen LogP contribution in [0, 0.1) is 5.92 Å². The monoisotopic (exact) mass is 321 g/mol. The summed E-state index contributed by atoms with van der Waals surface area (Å²) in [5.74, 6) is -0.669. The molecule has 0 aromatic heterocycles. The molecule has 1 unspecified atom stereocenters. The van der Waals surface area contributed by atoms with E-state index >= 15 is 0 Å². The summed E-state index contributed by atoms with van der Waals surface area (Å²) in [4.78, 5) is 24.5. The molecule has 0 spiro atoms. The topological polar surface area (TPSA) is 66.8 Å². The van der Waals surface area contributed by atoms with Gasteiger partial charge in [-0.15, -0.1) is 0 Å². The minimum atomic E-state index is -0.760. The minimum absolute atomic E-state index is 0.192. The number of carbonyl (C=O) groups is 2. The fraction of sp³-hybridized carbons (Fsp3) is 0.556. The summed E-state index contributed by atoms with van der Waals surface area (Å²) in [5.41, 5.74) is 1.15. The predicted octanol–water partition coefficient (Wildman–Crippen LogP) is 2.94. The SMILES string of the molecule is CCOC(=O)CN(CCC(C)CCC(=O)O)Cc1ccccc1. The number of esters is 1. The molecule has 1 aromatic rings. The molecule has 1 aromatic carbocycles. The van der Waals surface area contributed by atoms with Crippen LogP contribution < -0.4 is 0 Å². The fourth-order valence-electron chi connectivity index (χ4n) is 2.36. The van der Waals surface area contributed by atoms with Gasteiger partial charge in [-0.2, -0.15) is 0 Å². The summed E-state index contributed by atoms with van der Waals surface area (Å²) >= 11 is 0. The Balaban J connectivity index is 2.53. The van der Waals surface area contributed by atoms with Crippen molar-refractivity contribution in [2.24, 2.45) is 5.92 Å². The third-order valence-corrected chi connectivity index (χ3v) is 3.70. The molecular weight excluding hydrogens is 294 g/mol. The molecule has 128 valence electrons. The molecule has 0 bridgehead atoms. The Morgan fingerprint density at radius 1 is 1.22 bits per heavy atom. The first-order valence-corrected chi connectivity index (χ1v) is 8.15. The molecule has 5 nitrogen and oxygen atoms in total. The molecule has 0 fully saturated rings. The number of ether oxygens (including phenoxy) is 1. The highest BCUT2D eigenvalue weighted by Crippen LogP contribution is 2.13. The van der Waals surface area contributed by atoms with Gasteiger partial charge in [0.05, 0.1) is 13.2 Å². The van der Waals surface area contributed by atoms with Gasteiger partial charge in [0.1, 0.15) is 0 Å². The van der Waals surface area contributed by atoms with E-state index in [1.165, 1.54) is 0 Å². The van der Waals surface area contributed by atoms with Crippen LogP contribution in [0.1, 0.15) is 38.7 Å². The van der Waals surface area contributed by atoms with Gasteiger partial charge in [-0.25, -0.2) is 0 Å². The molecule has 1 atom stereocenters. The largest absolute Gasteiger partial charge is 0.481 e. The Bertz CT molecular complexity index is 475. The maximum Gasteiger partial charge on any atom is 0.320 e. The highest BCUT2D eigenvalue weighted by atomic mass is 16.5. The van der Waals surface area contributed by atoms with Crippen molar-refractivity contribution in [1.82, 2.24) is 4.90 Å². The van der Waals surface area contributed by atoms with Crippen LogP contribution in [0.4, 0.5) is 0 Å². The van der Waals surface area contributed by atoms with Gasteiger partial charge in [-0.1, -0.05) is 37.3 Å². The number of rotatable bonds is 11. The van der Waals surface area contributed by atoms with Gasteiger partial charge < -0.3 is 9.84 Å². The smallest absolute Gasteiger partial charge is 0.320 e. The highest BCUT2D eigenvalue weighted by Gasteiger charge is 2.14. The van der Waals surface area contributed by atoms with E-state index in [0.717, 1.165) is 18.5 Å². The van der Waals surface area contributed by atoms with Crippen LogP contribution >= 0.6 is 0 Å². The van der Waals surface area contributed by atoms with Gasteiger partial charge >= 0.3 is 11.9 Å². The van der Waals surface area contributed by atoms with Crippen LogP contribution in [0.15, 0.2) is 30.3 Å². The lowest BCUT2D eigenvalue weighted by Crippen LogP contribution is -2.32. The van der Waals surface area contributed by atoms with E-state index in [4.69, 9.17) is 9.84 Å². The van der Waals surface area contributed by atoms with Crippen LogP contribution in [0.3, 0.4) is 0 Å². The summed E-state index contributed by atoms with van der Waals surface area (Å²) in [6.45, 7) is 5.92. The van der Waals surface area contributed by atoms with Crippen LogP contribution in [-0.2, 0) is 20.9 Å². The maximum atomic E-state index is 11.8. The normalized spacial score (nSPS) is 12.1. The standard InChI is InChI=1S/C18H27NO4/c1-3-23-18(22)14-19(13-16-7-5-4-6-8-16)12-11-15(2)9-10-17(20)21/h4-8,15H,3,9-14H2,1-2H3,(H,20,21). The molecule has 1 rings (SSSR count). The maximum absolute atomic E-state index is 11.8. The lowest BCUT2D eigenvalue weighted by molar-refractivity contribution is -0.144. The Kier molecular flexibility index (Phi) is 8.98. The lowest BCUT2D eigenvalue weighted by Gasteiger charge is -2.23. The minimum Gasteiger partial charge on any atom is -0.481 e. The quantitative estimate of drug-likeness (QED) is 0.635. The van der Waals surface area contributed by atoms with Crippen LogP contribution in [0.5, 0.6) is 0 Å². The first kappa shape index (κ1) is 19.2. The van der Waals surface area contributed by atoms with E-state index in [-0.39, 0.29) is 18.9 Å². The first-order chi connectivity index (χ1) is 11.0. The van der Waals surface area contributed by atoms with Gasteiger partial charge in [0.2, 0.25) is 0 Å². The Labute approximate surface area is 138 Å². The highest BCUT2D eigenvalue weighted by molar-refractivity contribution is 5.71. The fourth-order valence-corrected chi connectivity index (χ4v) is 2.36. The van der Waals surface area contributed by atoms with E-state index in [2.05, 4.69) is 4.90 Å². The first-order valence-electron chi connectivity index (χ1n) is 8.15. The second-order valence-corrected chi connectivity index (χ2v) is 5.83. The van der Waals surface area contributed by atoms with Crippen molar-refractivity contribution in [2.75, 3.05) is 19.7 Å². The van der Waals surface area contributed by atoms with Gasteiger partial charge in [0.25, 0.3) is 0 Å². The van der Waals surface area contributed by atoms with Gasteiger partial charge in [-0.05, 0) is 37.8 Å². The lowest BCUT2D eigenvalue weighted by atomic mass is 10.0. The third-order valence-electron chi connectivity index (χ3n) is 3.70. The van der Waals surface area contributed by atoms with Crippen LogP contribution in [0.2, 0.25) is 0 Å². The third kappa shape index (κ3) is 8.98. The molecule has 0 radical (unpaired) electrons. The average Bonchev–Trinajstić information content (AvgIpc) is 2.51. The van der Waals surface area contributed by atoms with E-state index in [1.54, 1.807) is 6.92 Å². The van der Waals surface area contributed by atoms with E-state index in [0.29, 0.717) is 25.5 Å². The summed E-state index contributed by atoms with van der Waals surface area (Å²) in [7, 11) is 0. The van der Waals surface area contributed by atoms with E-state index in [1.807, 2.05) is 37.3 Å². The molecule has 0 heterocycles. The predicted molar refractivity (Wildman–Crippen MR) is 89.0 cm³/mol. The molecular formula is C18H27NO4. The van der Waals surface area contributed by atoms with Crippen molar-refractivity contribution < 1.29 is 19.4 Å². The molecule has 0 amide bonds. The zero-order valence-corrected chi connectivity index (χ0v) is 14.0. The van der Waals surface area contributed by atoms with E-state index < -0.39 is 5.97 Å². The van der Waals surface area contributed by atoms with Gasteiger partial charge in [0, 0.05) is 13.0 Å². The average molecular weight is 321 g/mol. The second-order valence-electron chi connectivity index (χ2n) is 5.83. The summed E-state index contributed by atoms with van der Waals surface area (Å²) in [5, 5.41) is 8.74. The summed E-state index contributed by atoms with van der Waals surface area (Å²) in [6.07, 6.45) is 1.71. The van der Waals surface area contributed by atoms with Crippen molar-refractivity contribution in [3.63, 3.8) is 0 Å². The molecule has 23 heavy (non-hydrogen) atoms. The molecule has 0 saturated heterocycles. The number of hydrogen-bond donors (Lipinski definition) is 1. The van der Waals surface area contributed by atoms with Crippen molar-refractivity contribution in [3.05, 3.63) is 35.9 Å². The van der Waals surface area contributed by atoms with Crippen molar-refractivity contribution in [2.45, 2.75) is 39.7 Å². The summed E-state index contributed by atoms with van der Waals surface area (Å²) in [6, 6.07) is 9.99. The number of carboxylic acid groups (broad SMARTS) is 1. The number of carboxylic acids is 1. The molecule has 0 aliphatic rings. The van der Waals surface area contributed by atoms with Crippen LogP contribution in [-0.4, -0.2) is 41.6 Å². The Hall–Kier alpha value is -1.88.